The summed E-state index contributed by atoms with van der Waals surface area (Å²) in [4.78, 5) is 11.4. The highest BCUT2D eigenvalue weighted by Gasteiger charge is 2.13. The van der Waals surface area contributed by atoms with Gasteiger partial charge in [-0.2, -0.15) is 5.10 Å². The number of carbonyl (C=O) groups is 1. The average Bonchev–Trinajstić information content (AvgIpc) is 2.82. The van der Waals surface area contributed by atoms with Gasteiger partial charge in [-0.1, -0.05) is 26.0 Å². The summed E-state index contributed by atoms with van der Waals surface area (Å²) in [5, 5.41) is 4.57. The van der Waals surface area contributed by atoms with Gasteiger partial charge in [-0.15, -0.1) is 0 Å². The van der Waals surface area contributed by atoms with Crippen LogP contribution < -0.4 is 5.73 Å². The van der Waals surface area contributed by atoms with Gasteiger partial charge in [-0.25, -0.2) is 4.79 Å². The highest BCUT2D eigenvalue weighted by molar-refractivity contribution is 5.89. The van der Waals surface area contributed by atoms with Crippen LogP contribution in [-0.2, 0) is 24.1 Å². The molecule has 0 bridgehead atoms. The Morgan fingerprint density at radius 2 is 1.90 bits per heavy atom. The smallest absolute Gasteiger partial charge is 0.337 e. The van der Waals surface area contributed by atoms with Gasteiger partial charge in [0, 0.05) is 0 Å². The van der Waals surface area contributed by atoms with Gasteiger partial charge in [0.15, 0.2) is 0 Å². The van der Waals surface area contributed by atoms with E-state index in [4.69, 9.17) is 10.5 Å². The van der Waals surface area contributed by atoms with Crippen LogP contribution in [0.25, 0.3) is 0 Å². The SMILES string of the molecule is CCc1nn(Cc2ccc(C(=O)OC)cc2)c(CC)c1N. The number of aromatic nitrogens is 2. The highest BCUT2D eigenvalue weighted by Crippen LogP contribution is 2.19. The molecule has 0 aliphatic rings. The number of anilines is 1. The Bertz CT molecular complexity index is 630. The molecule has 0 fully saturated rings. The van der Waals surface area contributed by atoms with Crippen molar-refractivity contribution >= 4 is 11.7 Å². The van der Waals surface area contributed by atoms with Crippen molar-refractivity contribution < 1.29 is 9.53 Å². The van der Waals surface area contributed by atoms with Crippen molar-refractivity contribution in [1.29, 1.82) is 0 Å². The highest BCUT2D eigenvalue weighted by atomic mass is 16.5. The number of hydrogen-bond donors (Lipinski definition) is 1. The Morgan fingerprint density at radius 3 is 2.43 bits per heavy atom. The van der Waals surface area contributed by atoms with E-state index >= 15 is 0 Å². The van der Waals surface area contributed by atoms with Gasteiger partial charge >= 0.3 is 5.97 Å². The molecule has 0 spiro atoms. The number of carbonyl (C=O) groups excluding carboxylic acids is 1. The second kappa shape index (κ2) is 6.43. The minimum Gasteiger partial charge on any atom is -0.465 e. The lowest BCUT2D eigenvalue weighted by atomic mass is 10.1. The van der Waals surface area contributed by atoms with Gasteiger partial charge in [0.25, 0.3) is 0 Å². The van der Waals surface area contributed by atoms with Crippen LogP contribution in [0.5, 0.6) is 0 Å². The lowest BCUT2D eigenvalue weighted by Crippen LogP contribution is -2.07. The molecular formula is C16H21N3O2. The van der Waals surface area contributed by atoms with Crippen LogP contribution in [0.2, 0.25) is 0 Å². The molecule has 1 aromatic heterocycles. The van der Waals surface area contributed by atoms with E-state index in [9.17, 15) is 4.79 Å². The molecular weight excluding hydrogens is 266 g/mol. The molecule has 0 amide bonds. The van der Waals surface area contributed by atoms with Crippen LogP contribution in [-0.4, -0.2) is 22.9 Å². The molecule has 2 rings (SSSR count). The first-order chi connectivity index (χ1) is 10.1. The second-order valence-electron chi connectivity index (χ2n) is 4.86. The topological polar surface area (TPSA) is 70.1 Å². The quantitative estimate of drug-likeness (QED) is 0.857. The first kappa shape index (κ1) is 15.1. The summed E-state index contributed by atoms with van der Waals surface area (Å²) in [6, 6.07) is 7.35. The largest absolute Gasteiger partial charge is 0.465 e. The first-order valence-corrected chi connectivity index (χ1v) is 7.11. The van der Waals surface area contributed by atoms with E-state index in [1.165, 1.54) is 7.11 Å². The van der Waals surface area contributed by atoms with E-state index in [1.54, 1.807) is 12.1 Å². The molecule has 0 radical (unpaired) electrons. The predicted molar refractivity (Wildman–Crippen MR) is 82.3 cm³/mol. The third-order valence-electron chi connectivity index (χ3n) is 3.55. The van der Waals surface area contributed by atoms with Crippen LogP contribution in [0.4, 0.5) is 5.69 Å². The van der Waals surface area contributed by atoms with E-state index in [1.807, 2.05) is 23.7 Å². The van der Waals surface area contributed by atoms with Crippen LogP contribution in [0.15, 0.2) is 24.3 Å². The van der Waals surface area contributed by atoms with Crippen molar-refractivity contribution in [2.24, 2.45) is 0 Å². The Labute approximate surface area is 124 Å². The summed E-state index contributed by atoms with van der Waals surface area (Å²) in [6.45, 7) is 4.77. The molecule has 0 saturated carbocycles. The zero-order chi connectivity index (χ0) is 15.4. The predicted octanol–water partition coefficient (Wildman–Crippen LogP) is 2.42. The van der Waals surface area contributed by atoms with Crippen molar-refractivity contribution in [2.75, 3.05) is 12.8 Å². The number of nitrogens with zero attached hydrogens (tertiary/aromatic N) is 2. The van der Waals surface area contributed by atoms with Crippen molar-refractivity contribution in [3.05, 3.63) is 46.8 Å². The molecule has 112 valence electrons. The standard InChI is InChI=1S/C16H21N3O2/c1-4-13-15(17)14(5-2)19(18-13)10-11-6-8-12(9-7-11)16(20)21-3/h6-9H,4-5,10,17H2,1-3H3. The molecule has 0 aliphatic carbocycles. The molecule has 2 aromatic rings. The van der Waals surface area contributed by atoms with Crippen LogP contribution in [0.3, 0.4) is 0 Å². The molecule has 0 unspecified atom stereocenters. The molecule has 2 N–H and O–H groups in total. The van der Waals surface area contributed by atoms with Gasteiger partial charge in [-0.3, -0.25) is 4.68 Å². The number of rotatable bonds is 5. The third kappa shape index (κ3) is 3.07. The summed E-state index contributed by atoms with van der Waals surface area (Å²) in [7, 11) is 1.38. The Morgan fingerprint density at radius 1 is 1.24 bits per heavy atom. The van der Waals surface area contributed by atoms with Crippen molar-refractivity contribution in [1.82, 2.24) is 9.78 Å². The van der Waals surface area contributed by atoms with Gasteiger partial charge in [0.2, 0.25) is 0 Å². The molecule has 1 aromatic carbocycles. The number of esters is 1. The zero-order valence-electron chi connectivity index (χ0n) is 12.7. The maximum Gasteiger partial charge on any atom is 0.337 e. The van der Waals surface area contributed by atoms with Crippen LogP contribution in [0, 0.1) is 0 Å². The fraction of sp³-hybridized carbons (Fsp3) is 0.375. The van der Waals surface area contributed by atoms with Gasteiger partial charge in [0.1, 0.15) is 0 Å². The number of hydrogen-bond acceptors (Lipinski definition) is 4. The lowest BCUT2D eigenvalue weighted by molar-refractivity contribution is 0.0600. The van der Waals surface area contributed by atoms with E-state index in [2.05, 4.69) is 12.0 Å². The number of aryl methyl sites for hydroxylation is 1. The minimum atomic E-state index is -0.326. The molecule has 0 atom stereocenters. The van der Waals surface area contributed by atoms with Gasteiger partial charge in [-0.05, 0) is 30.5 Å². The molecule has 5 heteroatoms. The number of nitrogen functional groups attached to an aromatic ring is 1. The maximum atomic E-state index is 11.4. The second-order valence-corrected chi connectivity index (χ2v) is 4.86. The first-order valence-electron chi connectivity index (χ1n) is 7.11. The van der Waals surface area contributed by atoms with Crippen LogP contribution >= 0.6 is 0 Å². The normalized spacial score (nSPS) is 10.6. The van der Waals surface area contributed by atoms with E-state index in [-0.39, 0.29) is 5.97 Å². The van der Waals surface area contributed by atoms with Crippen molar-refractivity contribution in [3.8, 4) is 0 Å². The van der Waals surface area contributed by atoms with E-state index in [0.29, 0.717) is 12.1 Å². The minimum absolute atomic E-state index is 0.326. The van der Waals surface area contributed by atoms with Crippen LogP contribution in [0.1, 0.15) is 41.2 Å². The Kier molecular flexibility index (Phi) is 4.62. The fourth-order valence-corrected chi connectivity index (χ4v) is 2.37. The Balaban J connectivity index is 2.24. The third-order valence-corrected chi connectivity index (χ3v) is 3.55. The van der Waals surface area contributed by atoms with Gasteiger partial charge in [0.05, 0.1) is 36.3 Å². The number of benzene rings is 1. The summed E-state index contributed by atoms with van der Waals surface area (Å²) in [5.74, 6) is -0.326. The maximum absolute atomic E-state index is 11.4. The summed E-state index contributed by atoms with van der Waals surface area (Å²) in [6.07, 6.45) is 1.67. The van der Waals surface area contributed by atoms with Crippen molar-refractivity contribution in [2.45, 2.75) is 33.2 Å². The monoisotopic (exact) mass is 287 g/mol. The van der Waals surface area contributed by atoms with Gasteiger partial charge < -0.3 is 10.5 Å². The average molecular weight is 287 g/mol. The number of nitrogens with two attached hydrogens (primary N) is 1. The lowest BCUT2D eigenvalue weighted by Gasteiger charge is -2.07. The molecule has 1 heterocycles. The molecule has 0 aliphatic heterocycles. The van der Waals surface area contributed by atoms with Crippen molar-refractivity contribution in [3.63, 3.8) is 0 Å². The van der Waals surface area contributed by atoms with E-state index in [0.717, 1.165) is 35.5 Å². The number of methoxy groups -OCH3 is 1. The van der Waals surface area contributed by atoms with E-state index < -0.39 is 0 Å². The zero-order valence-corrected chi connectivity index (χ0v) is 12.7. The Hall–Kier alpha value is -2.30. The summed E-state index contributed by atoms with van der Waals surface area (Å²) >= 11 is 0. The summed E-state index contributed by atoms with van der Waals surface area (Å²) < 4.78 is 6.64. The molecule has 0 saturated heterocycles. The summed E-state index contributed by atoms with van der Waals surface area (Å²) in [5.41, 5.74) is 10.5. The number of ether oxygens (including phenoxy) is 1. The fourth-order valence-electron chi connectivity index (χ4n) is 2.37. The molecule has 21 heavy (non-hydrogen) atoms. The molecule has 5 nitrogen and oxygen atoms in total.